The van der Waals surface area contributed by atoms with Gasteiger partial charge in [-0.05, 0) is 39.9 Å². The molecule has 0 aliphatic heterocycles. The van der Waals surface area contributed by atoms with Crippen molar-refractivity contribution >= 4 is 5.91 Å². The fraction of sp³-hybridized carbons (Fsp3) is 0.900. The minimum Gasteiger partial charge on any atom is -0.355 e. The molecule has 1 saturated carbocycles. The largest absolute Gasteiger partial charge is 0.355 e. The van der Waals surface area contributed by atoms with Crippen LogP contribution in [0.3, 0.4) is 0 Å². The van der Waals surface area contributed by atoms with Crippen LogP contribution in [0.5, 0.6) is 0 Å². The molecule has 1 amide bonds. The summed E-state index contributed by atoms with van der Waals surface area (Å²) in [6, 6.07) is 0.613. The second-order valence-corrected chi connectivity index (χ2v) is 4.16. The zero-order chi connectivity index (χ0) is 10.4. The van der Waals surface area contributed by atoms with E-state index in [1.165, 1.54) is 12.8 Å². The van der Waals surface area contributed by atoms with E-state index in [0.717, 1.165) is 19.5 Å². The third-order valence-corrected chi connectivity index (χ3v) is 2.23. The summed E-state index contributed by atoms with van der Waals surface area (Å²) < 4.78 is 0. The van der Waals surface area contributed by atoms with Crippen LogP contribution in [0.25, 0.3) is 0 Å². The molecule has 0 heterocycles. The molecule has 0 bridgehead atoms. The number of hydrogen-bond acceptors (Lipinski definition) is 3. The molecular formula is C10H21N3O. The van der Waals surface area contributed by atoms with Gasteiger partial charge in [0, 0.05) is 12.6 Å². The van der Waals surface area contributed by atoms with E-state index < -0.39 is 0 Å². The van der Waals surface area contributed by atoms with E-state index >= 15 is 0 Å². The normalized spacial score (nSPS) is 15.9. The summed E-state index contributed by atoms with van der Waals surface area (Å²) in [5, 5.41) is 6.08. The standard InChI is InChI=1S/C10H21N3O/c1-13(2)7-3-6-11-10(14)8-12-9-4-5-9/h9,12H,3-8H2,1-2H3,(H,11,14). The maximum Gasteiger partial charge on any atom is 0.233 e. The number of carbonyl (C=O) groups is 1. The Morgan fingerprint density at radius 1 is 1.43 bits per heavy atom. The molecule has 0 saturated heterocycles. The van der Waals surface area contributed by atoms with Crippen LogP contribution in [0.15, 0.2) is 0 Å². The molecule has 1 aliphatic rings. The number of carbonyl (C=O) groups excluding carboxylic acids is 1. The van der Waals surface area contributed by atoms with Crippen molar-refractivity contribution in [3.8, 4) is 0 Å². The van der Waals surface area contributed by atoms with E-state index in [2.05, 4.69) is 15.5 Å². The Hall–Kier alpha value is -0.610. The lowest BCUT2D eigenvalue weighted by atomic mass is 10.4. The number of nitrogens with zero attached hydrogens (tertiary/aromatic N) is 1. The van der Waals surface area contributed by atoms with Crippen molar-refractivity contribution < 1.29 is 4.79 Å². The zero-order valence-electron chi connectivity index (χ0n) is 9.18. The van der Waals surface area contributed by atoms with E-state index in [0.29, 0.717) is 12.6 Å². The molecule has 0 unspecified atom stereocenters. The summed E-state index contributed by atoms with van der Waals surface area (Å²) in [6.45, 7) is 2.28. The molecule has 0 aromatic carbocycles. The third-order valence-electron chi connectivity index (χ3n) is 2.23. The first kappa shape index (κ1) is 11.5. The average molecular weight is 199 g/mol. The second-order valence-electron chi connectivity index (χ2n) is 4.16. The van der Waals surface area contributed by atoms with Crippen molar-refractivity contribution in [3.63, 3.8) is 0 Å². The molecule has 1 fully saturated rings. The van der Waals surface area contributed by atoms with Gasteiger partial charge in [0.05, 0.1) is 6.54 Å². The molecule has 4 nitrogen and oxygen atoms in total. The Labute approximate surface area is 86.0 Å². The molecule has 0 aromatic heterocycles. The monoisotopic (exact) mass is 199 g/mol. The zero-order valence-corrected chi connectivity index (χ0v) is 9.18. The molecule has 82 valence electrons. The van der Waals surface area contributed by atoms with Crippen LogP contribution in [-0.4, -0.2) is 50.6 Å². The van der Waals surface area contributed by atoms with Gasteiger partial charge in [0.25, 0.3) is 0 Å². The number of rotatable bonds is 7. The molecule has 4 heteroatoms. The van der Waals surface area contributed by atoms with E-state index in [-0.39, 0.29) is 5.91 Å². The van der Waals surface area contributed by atoms with Gasteiger partial charge in [0.2, 0.25) is 5.91 Å². The molecule has 0 spiro atoms. The van der Waals surface area contributed by atoms with Crippen molar-refractivity contribution in [2.24, 2.45) is 0 Å². The molecule has 0 atom stereocenters. The van der Waals surface area contributed by atoms with Crippen LogP contribution in [0.2, 0.25) is 0 Å². The van der Waals surface area contributed by atoms with Crippen molar-refractivity contribution in [1.82, 2.24) is 15.5 Å². The average Bonchev–Trinajstić information content (AvgIpc) is 2.92. The van der Waals surface area contributed by atoms with Gasteiger partial charge in [-0.2, -0.15) is 0 Å². The maximum absolute atomic E-state index is 11.2. The van der Waals surface area contributed by atoms with E-state index in [1.54, 1.807) is 0 Å². The molecule has 1 aliphatic carbocycles. The van der Waals surface area contributed by atoms with Crippen LogP contribution >= 0.6 is 0 Å². The first-order chi connectivity index (χ1) is 6.68. The smallest absolute Gasteiger partial charge is 0.233 e. The topological polar surface area (TPSA) is 44.4 Å². The van der Waals surface area contributed by atoms with Crippen molar-refractivity contribution in [1.29, 1.82) is 0 Å². The summed E-state index contributed by atoms with van der Waals surface area (Å²) >= 11 is 0. The van der Waals surface area contributed by atoms with Gasteiger partial charge in [-0.15, -0.1) is 0 Å². The van der Waals surface area contributed by atoms with E-state index in [9.17, 15) is 4.79 Å². The van der Waals surface area contributed by atoms with E-state index in [4.69, 9.17) is 0 Å². The molecule has 1 rings (SSSR count). The minimum atomic E-state index is 0.121. The molecule has 0 radical (unpaired) electrons. The van der Waals surface area contributed by atoms with Crippen LogP contribution < -0.4 is 10.6 Å². The summed E-state index contributed by atoms with van der Waals surface area (Å²) in [7, 11) is 4.08. The lowest BCUT2D eigenvalue weighted by Crippen LogP contribution is -2.36. The highest BCUT2D eigenvalue weighted by molar-refractivity contribution is 5.78. The SMILES string of the molecule is CN(C)CCCNC(=O)CNC1CC1. The highest BCUT2D eigenvalue weighted by Gasteiger charge is 2.20. The van der Waals surface area contributed by atoms with Crippen LogP contribution in [0.1, 0.15) is 19.3 Å². The molecular weight excluding hydrogens is 178 g/mol. The first-order valence-corrected chi connectivity index (χ1v) is 5.33. The van der Waals surface area contributed by atoms with Crippen LogP contribution in [-0.2, 0) is 4.79 Å². The Kier molecular flexibility index (Phi) is 4.90. The number of nitrogens with one attached hydrogen (secondary N) is 2. The lowest BCUT2D eigenvalue weighted by molar-refractivity contribution is -0.120. The van der Waals surface area contributed by atoms with Crippen molar-refractivity contribution in [3.05, 3.63) is 0 Å². The second kappa shape index (κ2) is 5.98. The summed E-state index contributed by atoms with van der Waals surface area (Å²) in [5.41, 5.74) is 0. The van der Waals surface area contributed by atoms with Gasteiger partial charge in [0.15, 0.2) is 0 Å². The number of amides is 1. The third kappa shape index (κ3) is 5.94. The van der Waals surface area contributed by atoms with Gasteiger partial charge in [-0.25, -0.2) is 0 Å². The predicted octanol–water partition coefficient (Wildman–Crippen LogP) is -0.194. The minimum absolute atomic E-state index is 0.121. The Morgan fingerprint density at radius 3 is 2.71 bits per heavy atom. The van der Waals surface area contributed by atoms with Crippen molar-refractivity contribution in [2.75, 3.05) is 33.7 Å². The Morgan fingerprint density at radius 2 is 2.14 bits per heavy atom. The van der Waals surface area contributed by atoms with Gasteiger partial charge in [-0.3, -0.25) is 4.79 Å². The quantitative estimate of drug-likeness (QED) is 0.558. The lowest BCUT2D eigenvalue weighted by Gasteiger charge is -2.09. The van der Waals surface area contributed by atoms with Gasteiger partial charge < -0.3 is 15.5 Å². The molecule has 0 aromatic rings. The highest BCUT2D eigenvalue weighted by Crippen LogP contribution is 2.17. The van der Waals surface area contributed by atoms with Gasteiger partial charge in [-0.1, -0.05) is 0 Å². The fourth-order valence-corrected chi connectivity index (χ4v) is 1.21. The summed E-state index contributed by atoms with van der Waals surface area (Å²) in [5.74, 6) is 0.121. The van der Waals surface area contributed by atoms with Gasteiger partial charge >= 0.3 is 0 Å². The summed E-state index contributed by atoms with van der Waals surface area (Å²) in [4.78, 5) is 13.4. The van der Waals surface area contributed by atoms with Crippen LogP contribution in [0.4, 0.5) is 0 Å². The van der Waals surface area contributed by atoms with Crippen molar-refractivity contribution in [2.45, 2.75) is 25.3 Å². The summed E-state index contributed by atoms with van der Waals surface area (Å²) in [6.07, 6.45) is 3.48. The maximum atomic E-state index is 11.2. The first-order valence-electron chi connectivity index (χ1n) is 5.33. The fourth-order valence-electron chi connectivity index (χ4n) is 1.21. The molecule has 2 N–H and O–H groups in total. The molecule has 14 heavy (non-hydrogen) atoms. The Bertz CT molecular complexity index is 178. The van der Waals surface area contributed by atoms with Crippen LogP contribution in [0, 0.1) is 0 Å². The predicted molar refractivity (Wildman–Crippen MR) is 57.2 cm³/mol. The number of hydrogen-bond donors (Lipinski definition) is 2. The van der Waals surface area contributed by atoms with Gasteiger partial charge in [0.1, 0.15) is 0 Å². The highest BCUT2D eigenvalue weighted by atomic mass is 16.1. The van der Waals surface area contributed by atoms with E-state index in [1.807, 2.05) is 14.1 Å². The Balaban J connectivity index is 1.86.